The molecule has 2 nitrogen and oxygen atoms in total. The van der Waals surface area contributed by atoms with Gasteiger partial charge in [-0.2, -0.15) is 0 Å². The van der Waals surface area contributed by atoms with E-state index in [0.29, 0.717) is 6.04 Å². The van der Waals surface area contributed by atoms with Crippen LogP contribution >= 0.6 is 0 Å². The van der Waals surface area contributed by atoms with E-state index < -0.39 is 0 Å². The number of nitrogens with two attached hydrogens (primary N) is 1. The molecule has 0 aliphatic heterocycles. The molecule has 0 amide bonds. The molecule has 0 radical (unpaired) electrons. The van der Waals surface area contributed by atoms with Crippen LogP contribution < -0.4 is 5.73 Å². The molecule has 96 valence electrons. The first-order valence-electron chi connectivity index (χ1n) is 6.75. The molecule has 0 aromatic heterocycles. The lowest BCUT2D eigenvalue weighted by Crippen LogP contribution is -2.41. The molecule has 1 aromatic rings. The fraction of sp³-hybridized carbons (Fsp3) is 0.600. The zero-order valence-corrected chi connectivity index (χ0v) is 11.4. The van der Waals surface area contributed by atoms with E-state index in [-0.39, 0.29) is 6.04 Å². The Morgan fingerprint density at radius 3 is 2.06 bits per heavy atom. The Hall–Kier alpha value is -0.860. The molecule has 2 N–H and O–H groups in total. The van der Waals surface area contributed by atoms with E-state index in [1.165, 1.54) is 18.4 Å². The quantitative estimate of drug-likeness (QED) is 0.785. The number of nitrogens with zero attached hydrogens (tertiary/aromatic N) is 1. The second-order valence-corrected chi connectivity index (χ2v) is 4.71. The van der Waals surface area contributed by atoms with E-state index in [1.54, 1.807) is 0 Å². The Labute approximate surface area is 106 Å². The van der Waals surface area contributed by atoms with E-state index in [2.05, 4.69) is 49.9 Å². The minimum atomic E-state index is 0.106. The highest BCUT2D eigenvalue weighted by Gasteiger charge is 2.20. The molecule has 2 unspecified atom stereocenters. The molecule has 0 aliphatic carbocycles. The van der Waals surface area contributed by atoms with Crippen LogP contribution in [0.15, 0.2) is 30.3 Å². The summed E-state index contributed by atoms with van der Waals surface area (Å²) in [6.45, 7) is 8.96. The smallest absolute Gasteiger partial charge is 0.0450 e. The first-order chi connectivity index (χ1) is 8.20. The minimum Gasteiger partial charge on any atom is -0.323 e. The first kappa shape index (κ1) is 14.2. The maximum Gasteiger partial charge on any atom is 0.0450 e. The number of hydrogen-bond donors (Lipinski definition) is 1. The highest BCUT2D eigenvalue weighted by Crippen LogP contribution is 2.18. The molecule has 0 saturated carbocycles. The molecule has 0 bridgehead atoms. The summed E-state index contributed by atoms with van der Waals surface area (Å²) in [4.78, 5) is 2.50. The van der Waals surface area contributed by atoms with Gasteiger partial charge in [0.25, 0.3) is 0 Å². The summed E-state index contributed by atoms with van der Waals surface area (Å²) in [6.07, 6.45) is 2.37. The summed E-state index contributed by atoms with van der Waals surface area (Å²) in [7, 11) is 0. The molecule has 0 spiro atoms. The lowest BCUT2D eigenvalue weighted by Gasteiger charge is -2.32. The number of rotatable bonds is 7. The standard InChI is InChI=1S/C15H26N2/c1-4-11-17(12-5-2)13(3)15(16)14-9-7-6-8-10-14/h6-10,13,15H,4-5,11-12,16H2,1-3H3. The van der Waals surface area contributed by atoms with Gasteiger partial charge in [0.15, 0.2) is 0 Å². The fourth-order valence-electron chi connectivity index (χ4n) is 2.27. The van der Waals surface area contributed by atoms with Gasteiger partial charge in [0.05, 0.1) is 0 Å². The molecule has 0 saturated heterocycles. The highest BCUT2D eigenvalue weighted by atomic mass is 15.2. The van der Waals surface area contributed by atoms with Crippen molar-refractivity contribution in [3.63, 3.8) is 0 Å². The van der Waals surface area contributed by atoms with Crippen LogP contribution in [0.3, 0.4) is 0 Å². The highest BCUT2D eigenvalue weighted by molar-refractivity contribution is 5.19. The lowest BCUT2D eigenvalue weighted by atomic mass is 10.00. The van der Waals surface area contributed by atoms with Crippen LogP contribution in [-0.4, -0.2) is 24.0 Å². The fourth-order valence-corrected chi connectivity index (χ4v) is 2.27. The van der Waals surface area contributed by atoms with Gasteiger partial charge in [0.1, 0.15) is 0 Å². The second kappa shape index (κ2) is 7.46. The Kier molecular flexibility index (Phi) is 6.23. The van der Waals surface area contributed by atoms with Crippen molar-refractivity contribution in [3.05, 3.63) is 35.9 Å². The molecule has 1 aromatic carbocycles. The maximum absolute atomic E-state index is 6.36. The summed E-state index contributed by atoms with van der Waals surface area (Å²) in [5, 5.41) is 0. The van der Waals surface area contributed by atoms with E-state index in [4.69, 9.17) is 5.73 Å². The average Bonchev–Trinajstić information content (AvgIpc) is 2.38. The molecule has 0 fully saturated rings. The van der Waals surface area contributed by atoms with Crippen LogP contribution in [-0.2, 0) is 0 Å². The van der Waals surface area contributed by atoms with Crippen molar-refractivity contribution in [2.75, 3.05) is 13.1 Å². The van der Waals surface area contributed by atoms with Crippen LogP contribution in [0.1, 0.15) is 45.2 Å². The molecule has 17 heavy (non-hydrogen) atoms. The van der Waals surface area contributed by atoms with Crippen LogP contribution in [0.5, 0.6) is 0 Å². The van der Waals surface area contributed by atoms with Crippen molar-refractivity contribution >= 4 is 0 Å². The number of hydrogen-bond acceptors (Lipinski definition) is 2. The van der Waals surface area contributed by atoms with Crippen molar-refractivity contribution in [1.82, 2.24) is 4.90 Å². The van der Waals surface area contributed by atoms with Crippen molar-refractivity contribution < 1.29 is 0 Å². The summed E-state index contributed by atoms with van der Waals surface area (Å²) < 4.78 is 0. The Balaban J connectivity index is 2.69. The predicted octanol–water partition coefficient (Wildman–Crippen LogP) is 3.20. The normalized spacial score (nSPS) is 14.9. The van der Waals surface area contributed by atoms with Crippen LogP contribution in [0.2, 0.25) is 0 Å². The summed E-state index contributed by atoms with van der Waals surface area (Å²) in [5.74, 6) is 0. The van der Waals surface area contributed by atoms with E-state index >= 15 is 0 Å². The average molecular weight is 234 g/mol. The van der Waals surface area contributed by atoms with Crippen molar-refractivity contribution in [2.45, 2.75) is 45.7 Å². The van der Waals surface area contributed by atoms with Gasteiger partial charge >= 0.3 is 0 Å². The third-order valence-electron chi connectivity index (χ3n) is 3.30. The third-order valence-corrected chi connectivity index (χ3v) is 3.30. The van der Waals surface area contributed by atoms with Crippen molar-refractivity contribution in [2.24, 2.45) is 5.73 Å². The Morgan fingerprint density at radius 2 is 1.59 bits per heavy atom. The van der Waals surface area contributed by atoms with Gasteiger partial charge in [-0.15, -0.1) is 0 Å². The maximum atomic E-state index is 6.36. The molecule has 0 heterocycles. The molecule has 0 aliphatic rings. The van der Waals surface area contributed by atoms with Crippen LogP contribution in [0, 0.1) is 0 Å². The zero-order chi connectivity index (χ0) is 12.7. The van der Waals surface area contributed by atoms with Gasteiger partial charge in [-0.3, -0.25) is 4.90 Å². The van der Waals surface area contributed by atoms with Crippen LogP contribution in [0.4, 0.5) is 0 Å². The molecular weight excluding hydrogens is 208 g/mol. The molecule has 2 heteroatoms. The first-order valence-corrected chi connectivity index (χ1v) is 6.75. The largest absolute Gasteiger partial charge is 0.323 e. The van der Waals surface area contributed by atoms with Gasteiger partial charge in [-0.05, 0) is 38.4 Å². The third kappa shape index (κ3) is 4.14. The Bertz CT molecular complexity index is 291. The zero-order valence-electron chi connectivity index (χ0n) is 11.4. The van der Waals surface area contributed by atoms with Gasteiger partial charge < -0.3 is 5.73 Å². The summed E-state index contributed by atoms with van der Waals surface area (Å²) in [5.41, 5.74) is 7.59. The SMILES string of the molecule is CCCN(CCC)C(C)C(N)c1ccccc1. The second-order valence-electron chi connectivity index (χ2n) is 4.71. The van der Waals surface area contributed by atoms with E-state index in [9.17, 15) is 0 Å². The van der Waals surface area contributed by atoms with Gasteiger partial charge in [-0.1, -0.05) is 44.2 Å². The van der Waals surface area contributed by atoms with Crippen LogP contribution in [0.25, 0.3) is 0 Å². The molecule has 2 atom stereocenters. The molecular formula is C15H26N2. The summed E-state index contributed by atoms with van der Waals surface area (Å²) >= 11 is 0. The predicted molar refractivity (Wildman–Crippen MR) is 75.0 cm³/mol. The van der Waals surface area contributed by atoms with E-state index in [1.807, 2.05) is 6.07 Å². The monoisotopic (exact) mass is 234 g/mol. The Morgan fingerprint density at radius 1 is 1.06 bits per heavy atom. The van der Waals surface area contributed by atoms with Gasteiger partial charge in [-0.25, -0.2) is 0 Å². The topological polar surface area (TPSA) is 29.3 Å². The van der Waals surface area contributed by atoms with Gasteiger partial charge in [0.2, 0.25) is 0 Å². The van der Waals surface area contributed by atoms with Gasteiger partial charge in [0, 0.05) is 12.1 Å². The number of benzene rings is 1. The van der Waals surface area contributed by atoms with E-state index in [0.717, 1.165) is 13.1 Å². The molecule has 1 rings (SSSR count). The van der Waals surface area contributed by atoms with Crippen molar-refractivity contribution in [3.8, 4) is 0 Å². The summed E-state index contributed by atoms with van der Waals surface area (Å²) in [6, 6.07) is 10.9. The minimum absolute atomic E-state index is 0.106. The lowest BCUT2D eigenvalue weighted by molar-refractivity contribution is 0.184. The van der Waals surface area contributed by atoms with Crippen molar-refractivity contribution in [1.29, 1.82) is 0 Å².